The number of anilines is 1. The van der Waals surface area contributed by atoms with Crippen LogP contribution < -0.4 is 4.90 Å². The van der Waals surface area contributed by atoms with Crippen LogP contribution in [0.15, 0.2) is 4.42 Å². The highest BCUT2D eigenvalue weighted by molar-refractivity contribution is 5.66. The van der Waals surface area contributed by atoms with Gasteiger partial charge in [0.1, 0.15) is 0 Å². The van der Waals surface area contributed by atoms with Gasteiger partial charge in [-0.15, -0.1) is 5.10 Å². The lowest BCUT2D eigenvalue weighted by atomic mass is 10.3. The third-order valence-corrected chi connectivity index (χ3v) is 1.39. The van der Waals surface area contributed by atoms with E-state index in [0.717, 1.165) is 0 Å². The average Bonchev–Trinajstić information content (AvgIpc) is 2.48. The Labute approximate surface area is 75.2 Å². The molecule has 0 aliphatic carbocycles. The Morgan fingerprint density at radius 1 is 1.54 bits per heavy atom. The van der Waals surface area contributed by atoms with Crippen LogP contribution >= 0.6 is 0 Å². The number of hydrogen-bond acceptors (Lipinski definition) is 5. The molecule has 0 radical (unpaired) electrons. The summed E-state index contributed by atoms with van der Waals surface area (Å²) in [5, 5.41) is 15.8. The highest BCUT2D eigenvalue weighted by Crippen LogP contribution is 2.09. The summed E-state index contributed by atoms with van der Waals surface area (Å²) >= 11 is 0. The summed E-state index contributed by atoms with van der Waals surface area (Å²) in [6.45, 7) is 0. The lowest BCUT2D eigenvalue weighted by Crippen LogP contribution is -2.08. The van der Waals surface area contributed by atoms with Crippen molar-refractivity contribution in [2.75, 3.05) is 19.0 Å². The van der Waals surface area contributed by atoms with E-state index in [2.05, 4.69) is 10.2 Å². The van der Waals surface area contributed by atoms with Gasteiger partial charge in [-0.2, -0.15) is 0 Å². The second kappa shape index (κ2) is 3.88. The first-order valence-corrected chi connectivity index (χ1v) is 3.81. The van der Waals surface area contributed by atoms with Gasteiger partial charge in [0, 0.05) is 20.5 Å². The number of carbonyl (C=O) groups is 1. The molecule has 6 nitrogen and oxygen atoms in total. The van der Waals surface area contributed by atoms with Crippen LogP contribution in [0.1, 0.15) is 12.3 Å². The van der Waals surface area contributed by atoms with Crippen molar-refractivity contribution in [2.45, 2.75) is 12.8 Å². The van der Waals surface area contributed by atoms with Gasteiger partial charge in [-0.25, -0.2) is 0 Å². The Morgan fingerprint density at radius 2 is 2.23 bits per heavy atom. The largest absolute Gasteiger partial charge is 0.481 e. The number of carboxylic acids is 1. The van der Waals surface area contributed by atoms with Crippen molar-refractivity contribution in [3.05, 3.63) is 5.89 Å². The van der Waals surface area contributed by atoms with Gasteiger partial charge in [0.05, 0.1) is 6.42 Å². The molecule has 6 heteroatoms. The molecule has 13 heavy (non-hydrogen) atoms. The fraction of sp³-hybridized carbons (Fsp3) is 0.571. The molecule has 1 rings (SSSR count). The van der Waals surface area contributed by atoms with Gasteiger partial charge in [0.15, 0.2) is 0 Å². The van der Waals surface area contributed by atoms with Crippen LogP contribution in [0.25, 0.3) is 0 Å². The van der Waals surface area contributed by atoms with E-state index in [1.54, 1.807) is 19.0 Å². The van der Waals surface area contributed by atoms with E-state index < -0.39 is 5.97 Å². The topological polar surface area (TPSA) is 79.5 Å². The Hall–Kier alpha value is -1.59. The van der Waals surface area contributed by atoms with E-state index in [1.165, 1.54) is 0 Å². The summed E-state index contributed by atoms with van der Waals surface area (Å²) in [4.78, 5) is 11.9. The van der Waals surface area contributed by atoms with Crippen molar-refractivity contribution in [1.82, 2.24) is 10.2 Å². The predicted octanol–water partition coefficient (Wildman–Crippen LogP) is 0.153. The smallest absolute Gasteiger partial charge is 0.317 e. The third-order valence-electron chi connectivity index (χ3n) is 1.39. The monoisotopic (exact) mass is 185 g/mol. The molecule has 1 N–H and O–H groups in total. The summed E-state index contributed by atoms with van der Waals surface area (Å²) in [6, 6.07) is 0.389. The average molecular weight is 185 g/mol. The van der Waals surface area contributed by atoms with Crippen molar-refractivity contribution < 1.29 is 14.3 Å². The van der Waals surface area contributed by atoms with Crippen molar-refractivity contribution in [2.24, 2.45) is 0 Å². The number of nitrogens with zero attached hydrogens (tertiary/aromatic N) is 3. The number of aliphatic carboxylic acids is 1. The summed E-state index contributed by atoms with van der Waals surface area (Å²) in [7, 11) is 3.54. The molecule has 0 aliphatic heterocycles. The molecule has 0 saturated heterocycles. The van der Waals surface area contributed by atoms with Crippen molar-refractivity contribution in [3.63, 3.8) is 0 Å². The minimum atomic E-state index is -0.871. The maximum absolute atomic E-state index is 10.2. The first kappa shape index (κ1) is 9.50. The quantitative estimate of drug-likeness (QED) is 0.719. The molecule has 0 aliphatic rings. The molecule has 0 aromatic carbocycles. The molecule has 0 fully saturated rings. The number of hydrogen-bond donors (Lipinski definition) is 1. The summed E-state index contributed by atoms with van der Waals surface area (Å²) < 4.78 is 5.14. The molecule has 0 atom stereocenters. The molecular formula is C7H11N3O3. The van der Waals surface area contributed by atoms with Gasteiger partial charge >= 0.3 is 12.0 Å². The molecule has 1 aromatic rings. The van der Waals surface area contributed by atoms with Gasteiger partial charge in [-0.3, -0.25) is 4.79 Å². The maximum atomic E-state index is 10.2. The van der Waals surface area contributed by atoms with E-state index in [4.69, 9.17) is 9.52 Å². The van der Waals surface area contributed by atoms with Gasteiger partial charge in [0.2, 0.25) is 5.89 Å². The van der Waals surface area contributed by atoms with Crippen molar-refractivity contribution in [3.8, 4) is 0 Å². The molecular weight excluding hydrogens is 174 g/mol. The molecule has 0 bridgehead atoms. The SMILES string of the molecule is CN(C)c1nnc(CCC(=O)O)o1. The van der Waals surface area contributed by atoms with E-state index in [0.29, 0.717) is 11.9 Å². The fourth-order valence-electron chi connectivity index (χ4n) is 0.740. The second-order valence-electron chi connectivity index (χ2n) is 2.77. The fourth-order valence-corrected chi connectivity index (χ4v) is 0.740. The molecule has 72 valence electrons. The van der Waals surface area contributed by atoms with Crippen LogP contribution in [-0.4, -0.2) is 35.4 Å². The standard InChI is InChI=1S/C7H11N3O3/c1-10(2)7-9-8-5(13-7)3-4-6(11)12/h3-4H2,1-2H3,(H,11,12). The van der Waals surface area contributed by atoms with Gasteiger partial charge in [0.25, 0.3) is 0 Å². The highest BCUT2D eigenvalue weighted by Gasteiger charge is 2.08. The van der Waals surface area contributed by atoms with Crippen LogP contribution in [0, 0.1) is 0 Å². The zero-order valence-electron chi connectivity index (χ0n) is 7.52. The molecule has 1 heterocycles. The van der Waals surface area contributed by atoms with Crippen LogP contribution in [0.2, 0.25) is 0 Å². The highest BCUT2D eigenvalue weighted by atomic mass is 16.4. The zero-order valence-corrected chi connectivity index (χ0v) is 7.52. The summed E-state index contributed by atoms with van der Waals surface area (Å²) in [5.74, 6) is -0.518. The Kier molecular flexibility index (Phi) is 2.84. The summed E-state index contributed by atoms with van der Waals surface area (Å²) in [6.07, 6.45) is 0.283. The minimum absolute atomic E-state index is 0.00899. The lowest BCUT2D eigenvalue weighted by molar-refractivity contribution is -0.137. The van der Waals surface area contributed by atoms with E-state index in [1.807, 2.05) is 0 Å². The molecule has 1 aromatic heterocycles. The predicted molar refractivity (Wildman–Crippen MR) is 44.6 cm³/mol. The van der Waals surface area contributed by atoms with Crippen LogP contribution in [0.5, 0.6) is 0 Å². The van der Waals surface area contributed by atoms with E-state index >= 15 is 0 Å². The zero-order chi connectivity index (χ0) is 9.84. The second-order valence-corrected chi connectivity index (χ2v) is 2.77. The third kappa shape index (κ3) is 2.73. The van der Waals surface area contributed by atoms with Gasteiger partial charge in [-0.1, -0.05) is 5.10 Å². The van der Waals surface area contributed by atoms with E-state index in [9.17, 15) is 4.79 Å². The number of carboxylic acid groups (broad SMARTS) is 1. The van der Waals surface area contributed by atoms with E-state index in [-0.39, 0.29) is 12.8 Å². The normalized spacial score (nSPS) is 10.0. The van der Waals surface area contributed by atoms with Crippen molar-refractivity contribution in [1.29, 1.82) is 0 Å². The van der Waals surface area contributed by atoms with Crippen molar-refractivity contribution >= 4 is 12.0 Å². The van der Waals surface area contributed by atoms with Crippen LogP contribution in [-0.2, 0) is 11.2 Å². The molecule has 0 unspecified atom stereocenters. The Morgan fingerprint density at radius 3 is 2.69 bits per heavy atom. The van der Waals surface area contributed by atoms with Crippen LogP contribution in [0.4, 0.5) is 6.01 Å². The molecule has 0 saturated carbocycles. The number of aryl methyl sites for hydroxylation is 1. The minimum Gasteiger partial charge on any atom is -0.481 e. The number of aromatic nitrogens is 2. The first-order valence-electron chi connectivity index (χ1n) is 3.81. The van der Waals surface area contributed by atoms with Gasteiger partial charge in [-0.05, 0) is 0 Å². The Balaban J connectivity index is 2.54. The summed E-state index contributed by atoms with van der Waals surface area (Å²) in [5.41, 5.74) is 0. The maximum Gasteiger partial charge on any atom is 0.317 e. The van der Waals surface area contributed by atoms with Gasteiger partial charge < -0.3 is 14.4 Å². The lowest BCUT2D eigenvalue weighted by Gasteiger charge is -2.02. The number of rotatable bonds is 4. The van der Waals surface area contributed by atoms with Crippen LogP contribution in [0.3, 0.4) is 0 Å². The Bertz CT molecular complexity index is 295. The molecule has 0 spiro atoms. The first-order chi connectivity index (χ1) is 6.09. The molecule has 0 amide bonds.